The van der Waals surface area contributed by atoms with E-state index in [4.69, 9.17) is 4.74 Å². The molecule has 0 aliphatic heterocycles. The summed E-state index contributed by atoms with van der Waals surface area (Å²) < 4.78 is 18.6. The molecule has 4 aromatic rings. The van der Waals surface area contributed by atoms with Crippen LogP contribution in [0.4, 0.5) is 9.52 Å². The Morgan fingerprint density at radius 3 is 2.39 bits per heavy atom. The van der Waals surface area contributed by atoms with Gasteiger partial charge in [-0.15, -0.1) is 11.3 Å². The summed E-state index contributed by atoms with van der Waals surface area (Å²) in [7, 11) is 0. The average molecular weight is 391 g/mol. The van der Waals surface area contributed by atoms with Gasteiger partial charge in [0.2, 0.25) is 0 Å². The van der Waals surface area contributed by atoms with Gasteiger partial charge in [0.25, 0.3) is 5.91 Å². The van der Waals surface area contributed by atoms with E-state index in [-0.39, 0.29) is 11.7 Å². The van der Waals surface area contributed by atoms with Gasteiger partial charge in [-0.1, -0.05) is 0 Å². The first kappa shape index (κ1) is 17.8. The Kier molecular flexibility index (Phi) is 5.07. The smallest absolute Gasteiger partial charge is 0.257 e. The van der Waals surface area contributed by atoms with Gasteiger partial charge in [-0.05, 0) is 60.7 Å². The lowest BCUT2D eigenvalue weighted by atomic mass is 10.2. The van der Waals surface area contributed by atoms with Gasteiger partial charge in [0.05, 0.1) is 5.69 Å². The van der Waals surface area contributed by atoms with Crippen LogP contribution < -0.4 is 10.1 Å². The zero-order chi connectivity index (χ0) is 19.3. The van der Waals surface area contributed by atoms with Gasteiger partial charge in [0.1, 0.15) is 17.3 Å². The van der Waals surface area contributed by atoms with Crippen molar-refractivity contribution in [3.63, 3.8) is 0 Å². The zero-order valence-corrected chi connectivity index (χ0v) is 15.3. The highest BCUT2D eigenvalue weighted by Crippen LogP contribution is 2.25. The standard InChI is InChI=1S/C21H14FN3O2S/c22-16-5-9-18(10-6-16)27-17-7-3-14(4-8-17)20(26)25-21-24-19(13-28-21)15-2-1-11-23-12-15/h1-13H,(H,24,25,26). The number of rotatable bonds is 5. The second-order valence-corrected chi connectivity index (χ2v) is 6.67. The molecule has 0 fully saturated rings. The molecule has 0 atom stereocenters. The molecule has 138 valence electrons. The molecule has 5 nitrogen and oxygen atoms in total. The van der Waals surface area contributed by atoms with Crippen LogP contribution in [0, 0.1) is 5.82 Å². The van der Waals surface area contributed by atoms with E-state index in [2.05, 4.69) is 15.3 Å². The molecule has 28 heavy (non-hydrogen) atoms. The molecule has 0 spiro atoms. The van der Waals surface area contributed by atoms with E-state index < -0.39 is 0 Å². The third kappa shape index (κ3) is 4.21. The predicted octanol–water partition coefficient (Wildman–Crippen LogP) is 5.39. The van der Waals surface area contributed by atoms with Crippen molar-refractivity contribution in [1.82, 2.24) is 9.97 Å². The third-order valence-corrected chi connectivity index (χ3v) is 4.61. The molecule has 0 aliphatic carbocycles. The number of carbonyl (C=O) groups excluding carboxylic acids is 1. The fraction of sp³-hybridized carbons (Fsp3) is 0. The Bertz CT molecular complexity index is 1080. The van der Waals surface area contributed by atoms with Crippen molar-refractivity contribution in [3.05, 3.63) is 89.8 Å². The minimum Gasteiger partial charge on any atom is -0.457 e. The van der Waals surface area contributed by atoms with Crippen LogP contribution in [0.15, 0.2) is 78.4 Å². The van der Waals surface area contributed by atoms with Crippen LogP contribution in [0.2, 0.25) is 0 Å². The molecule has 0 saturated heterocycles. The van der Waals surface area contributed by atoms with Gasteiger partial charge < -0.3 is 4.74 Å². The number of pyridine rings is 1. The van der Waals surface area contributed by atoms with Gasteiger partial charge in [-0.2, -0.15) is 0 Å². The summed E-state index contributed by atoms with van der Waals surface area (Å²) in [6.45, 7) is 0. The number of benzene rings is 2. The summed E-state index contributed by atoms with van der Waals surface area (Å²) in [4.78, 5) is 20.9. The van der Waals surface area contributed by atoms with Crippen molar-refractivity contribution in [2.45, 2.75) is 0 Å². The topological polar surface area (TPSA) is 64.1 Å². The molecule has 7 heteroatoms. The van der Waals surface area contributed by atoms with Crippen LogP contribution in [0.3, 0.4) is 0 Å². The number of aromatic nitrogens is 2. The number of anilines is 1. The quantitative estimate of drug-likeness (QED) is 0.495. The van der Waals surface area contributed by atoms with Gasteiger partial charge in [0.15, 0.2) is 5.13 Å². The minimum atomic E-state index is -0.326. The maximum absolute atomic E-state index is 12.9. The maximum atomic E-state index is 12.9. The second kappa shape index (κ2) is 7.98. The van der Waals surface area contributed by atoms with E-state index in [1.165, 1.54) is 35.6 Å². The van der Waals surface area contributed by atoms with Crippen LogP contribution in [0.1, 0.15) is 10.4 Å². The lowest BCUT2D eigenvalue weighted by Crippen LogP contribution is -2.11. The predicted molar refractivity (Wildman–Crippen MR) is 106 cm³/mol. The molecule has 2 heterocycles. The first-order valence-corrected chi connectivity index (χ1v) is 9.26. The van der Waals surface area contributed by atoms with E-state index in [1.54, 1.807) is 36.7 Å². The third-order valence-electron chi connectivity index (χ3n) is 3.85. The number of carbonyl (C=O) groups is 1. The van der Waals surface area contributed by atoms with E-state index in [9.17, 15) is 9.18 Å². The highest BCUT2D eigenvalue weighted by atomic mass is 32.1. The largest absolute Gasteiger partial charge is 0.457 e. The van der Waals surface area contributed by atoms with Crippen LogP contribution in [-0.2, 0) is 0 Å². The van der Waals surface area contributed by atoms with Gasteiger partial charge in [0, 0.05) is 28.9 Å². The summed E-state index contributed by atoms with van der Waals surface area (Å²) in [6, 6.07) is 16.2. The fourth-order valence-corrected chi connectivity index (χ4v) is 3.18. The molecular weight excluding hydrogens is 377 g/mol. The Morgan fingerprint density at radius 2 is 1.71 bits per heavy atom. The van der Waals surface area contributed by atoms with Crippen molar-refractivity contribution < 1.29 is 13.9 Å². The van der Waals surface area contributed by atoms with Crippen molar-refractivity contribution in [1.29, 1.82) is 0 Å². The number of amides is 1. The van der Waals surface area contributed by atoms with Crippen molar-refractivity contribution in [2.75, 3.05) is 5.32 Å². The Hall–Kier alpha value is -3.58. The minimum absolute atomic E-state index is 0.264. The van der Waals surface area contributed by atoms with Crippen molar-refractivity contribution >= 4 is 22.4 Å². The number of hydrogen-bond acceptors (Lipinski definition) is 5. The van der Waals surface area contributed by atoms with Crippen molar-refractivity contribution in [3.8, 4) is 22.8 Å². The number of thiazole rings is 1. The lowest BCUT2D eigenvalue weighted by Gasteiger charge is -2.07. The van der Waals surface area contributed by atoms with Crippen LogP contribution in [-0.4, -0.2) is 15.9 Å². The second-order valence-electron chi connectivity index (χ2n) is 5.81. The number of hydrogen-bond donors (Lipinski definition) is 1. The molecule has 2 aromatic heterocycles. The van der Waals surface area contributed by atoms with E-state index in [0.29, 0.717) is 22.2 Å². The van der Waals surface area contributed by atoms with Crippen molar-refractivity contribution in [2.24, 2.45) is 0 Å². The SMILES string of the molecule is O=C(Nc1nc(-c2cccnc2)cs1)c1ccc(Oc2ccc(F)cc2)cc1. The highest BCUT2D eigenvalue weighted by Gasteiger charge is 2.10. The monoisotopic (exact) mass is 391 g/mol. The molecule has 1 N–H and O–H groups in total. The van der Waals surface area contributed by atoms with Gasteiger partial charge in [-0.3, -0.25) is 15.1 Å². The normalized spacial score (nSPS) is 10.5. The van der Waals surface area contributed by atoms with E-state index in [0.717, 1.165) is 11.3 Å². The molecule has 0 unspecified atom stereocenters. The summed E-state index contributed by atoms with van der Waals surface area (Å²) in [5.74, 6) is 0.481. The van der Waals surface area contributed by atoms with Gasteiger partial charge in [-0.25, -0.2) is 9.37 Å². The Morgan fingerprint density at radius 1 is 1.00 bits per heavy atom. The summed E-state index contributed by atoms with van der Waals surface area (Å²) >= 11 is 1.35. The Balaban J connectivity index is 1.41. The molecule has 4 rings (SSSR count). The molecule has 0 aliphatic rings. The molecule has 0 saturated carbocycles. The lowest BCUT2D eigenvalue weighted by molar-refractivity contribution is 0.102. The van der Waals surface area contributed by atoms with Gasteiger partial charge >= 0.3 is 0 Å². The molecule has 1 amide bonds. The number of halogens is 1. The van der Waals surface area contributed by atoms with Crippen LogP contribution in [0.25, 0.3) is 11.3 Å². The highest BCUT2D eigenvalue weighted by molar-refractivity contribution is 7.14. The summed E-state index contributed by atoms with van der Waals surface area (Å²) in [5, 5.41) is 5.17. The Labute approximate surface area is 164 Å². The van der Waals surface area contributed by atoms with E-state index >= 15 is 0 Å². The average Bonchev–Trinajstić information content (AvgIpc) is 3.19. The first-order chi connectivity index (χ1) is 13.7. The number of ether oxygens (including phenoxy) is 1. The first-order valence-electron chi connectivity index (χ1n) is 8.38. The zero-order valence-electron chi connectivity index (χ0n) is 14.5. The number of nitrogens with zero attached hydrogens (tertiary/aromatic N) is 2. The maximum Gasteiger partial charge on any atom is 0.257 e. The molecule has 0 bridgehead atoms. The van der Waals surface area contributed by atoms with Crippen LogP contribution in [0.5, 0.6) is 11.5 Å². The molecule has 2 aromatic carbocycles. The van der Waals surface area contributed by atoms with E-state index in [1.807, 2.05) is 17.5 Å². The van der Waals surface area contributed by atoms with Crippen LogP contribution >= 0.6 is 11.3 Å². The summed E-state index contributed by atoms with van der Waals surface area (Å²) in [5.41, 5.74) is 2.13. The fourth-order valence-electron chi connectivity index (χ4n) is 2.46. The number of nitrogens with one attached hydrogen (secondary N) is 1. The molecular formula is C21H14FN3O2S. The molecule has 0 radical (unpaired) electrons. The summed E-state index contributed by atoms with van der Waals surface area (Å²) in [6.07, 6.45) is 3.42.